The third-order valence-electron chi connectivity index (χ3n) is 2.57. The van der Waals surface area contributed by atoms with Crippen LogP contribution in [-0.2, 0) is 0 Å². The van der Waals surface area contributed by atoms with Crippen molar-refractivity contribution in [2.75, 3.05) is 17.7 Å². The summed E-state index contributed by atoms with van der Waals surface area (Å²) in [6.45, 7) is 0. The van der Waals surface area contributed by atoms with Gasteiger partial charge in [-0.2, -0.15) is 10.4 Å². The number of H-pyrrole nitrogens is 1. The molecule has 18 heavy (non-hydrogen) atoms. The van der Waals surface area contributed by atoms with Gasteiger partial charge in [0.25, 0.3) is 5.91 Å². The molecule has 1 heterocycles. The van der Waals surface area contributed by atoms with E-state index in [1.165, 1.54) is 11.1 Å². The van der Waals surface area contributed by atoms with E-state index in [0.29, 0.717) is 16.8 Å². The van der Waals surface area contributed by atoms with Crippen LogP contribution < -0.4 is 10.6 Å². The van der Waals surface area contributed by atoms with Gasteiger partial charge in [0.05, 0.1) is 17.8 Å². The van der Waals surface area contributed by atoms with E-state index < -0.39 is 0 Å². The van der Waals surface area contributed by atoms with Crippen molar-refractivity contribution in [3.05, 3.63) is 41.6 Å². The number of benzene rings is 1. The van der Waals surface area contributed by atoms with Crippen molar-refractivity contribution in [3.8, 4) is 6.07 Å². The van der Waals surface area contributed by atoms with Crippen LogP contribution in [0.3, 0.4) is 0 Å². The Balaban J connectivity index is 2.32. The summed E-state index contributed by atoms with van der Waals surface area (Å²) in [5.41, 5.74) is 7.02. The van der Waals surface area contributed by atoms with Gasteiger partial charge in [0.15, 0.2) is 0 Å². The van der Waals surface area contributed by atoms with E-state index in [4.69, 9.17) is 11.0 Å². The molecule has 0 aliphatic heterocycles. The van der Waals surface area contributed by atoms with E-state index in [-0.39, 0.29) is 11.7 Å². The summed E-state index contributed by atoms with van der Waals surface area (Å²) >= 11 is 0. The van der Waals surface area contributed by atoms with E-state index in [2.05, 4.69) is 10.2 Å². The van der Waals surface area contributed by atoms with Crippen LogP contribution >= 0.6 is 0 Å². The highest BCUT2D eigenvalue weighted by Crippen LogP contribution is 2.18. The van der Waals surface area contributed by atoms with Gasteiger partial charge in [-0.1, -0.05) is 6.07 Å². The van der Waals surface area contributed by atoms with E-state index in [1.54, 1.807) is 31.3 Å². The van der Waals surface area contributed by atoms with Crippen molar-refractivity contribution in [2.45, 2.75) is 0 Å². The lowest BCUT2D eigenvalue weighted by atomic mass is 10.2. The molecule has 6 heteroatoms. The first-order valence-electron chi connectivity index (χ1n) is 5.20. The molecule has 0 saturated heterocycles. The molecule has 90 valence electrons. The van der Waals surface area contributed by atoms with E-state index in [1.807, 2.05) is 6.07 Å². The van der Waals surface area contributed by atoms with Gasteiger partial charge in [0, 0.05) is 12.7 Å². The summed E-state index contributed by atoms with van der Waals surface area (Å²) < 4.78 is 0. The molecule has 1 aromatic carbocycles. The van der Waals surface area contributed by atoms with Crippen LogP contribution in [-0.4, -0.2) is 23.2 Å². The van der Waals surface area contributed by atoms with Gasteiger partial charge in [-0.05, 0) is 18.2 Å². The number of nitrogen functional groups attached to an aromatic ring is 1. The van der Waals surface area contributed by atoms with Gasteiger partial charge in [-0.3, -0.25) is 9.89 Å². The van der Waals surface area contributed by atoms with Crippen molar-refractivity contribution < 1.29 is 4.79 Å². The highest BCUT2D eigenvalue weighted by atomic mass is 16.2. The van der Waals surface area contributed by atoms with Crippen molar-refractivity contribution in [3.63, 3.8) is 0 Å². The lowest BCUT2D eigenvalue weighted by Crippen LogP contribution is -2.26. The topological polar surface area (TPSA) is 98.8 Å². The predicted molar refractivity (Wildman–Crippen MR) is 66.9 cm³/mol. The molecular weight excluding hydrogens is 230 g/mol. The maximum absolute atomic E-state index is 12.1. The third-order valence-corrected chi connectivity index (χ3v) is 2.57. The number of hydrogen-bond donors (Lipinski definition) is 2. The summed E-state index contributed by atoms with van der Waals surface area (Å²) in [4.78, 5) is 13.5. The van der Waals surface area contributed by atoms with Crippen LogP contribution in [0.4, 0.5) is 11.5 Å². The Morgan fingerprint density at radius 3 is 2.94 bits per heavy atom. The number of aromatic amines is 1. The summed E-state index contributed by atoms with van der Waals surface area (Å²) in [5.74, 6) is -0.0559. The normalized spacial score (nSPS) is 9.78. The molecule has 0 radical (unpaired) electrons. The third kappa shape index (κ3) is 2.01. The van der Waals surface area contributed by atoms with Crippen LogP contribution in [0.2, 0.25) is 0 Å². The Labute approximate surface area is 104 Å². The summed E-state index contributed by atoms with van der Waals surface area (Å²) in [6, 6.07) is 8.80. The van der Waals surface area contributed by atoms with Gasteiger partial charge in [0.2, 0.25) is 0 Å². The molecule has 0 aliphatic carbocycles. The highest BCUT2D eigenvalue weighted by molar-refractivity contribution is 6.08. The number of anilines is 2. The molecule has 0 saturated carbocycles. The van der Waals surface area contributed by atoms with Crippen LogP contribution in [0.5, 0.6) is 0 Å². The minimum absolute atomic E-state index is 0.225. The van der Waals surface area contributed by atoms with Crippen molar-refractivity contribution in [1.82, 2.24) is 10.2 Å². The van der Waals surface area contributed by atoms with E-state index in [9.17, 15) is 4.79 Å². The first-order chi connectivity index (χ1) is 8.63. The van der Waals surface area contributed by atoms with Gasteiger partial charge >= 0.3 is 0 Å². The molecule has 0 atom stereocenters. The predicted octanol–water partition coefficient (Wildman–Crippen LogP) is 1.14. The second kappa shape index (κ2) is 4.59. The Kier molecular flexibility index (Phi) is 2.98. The number of nitrogens with two attached hydrogens (primary N) is 1. The molecular formula is C12H11N5O. The number of carbonyl (C=O) groups is 1. The molecule has 0 unspecified atom stereocenters. The average molecular weight is 241 g/mol. The Morgan fingerprint density at radius 1 is 1.56 bits per heavy atom. The molecule has 0 aliphatic rings. The van der Waals surface area contributed by atoms with Gasteiger partial charge in [-0.25, -0.2) is 0 Å². The lowest BCUT2D eigenvalue weighted by molar-refractivity contribution is 0.0994. The first-order valence-corrected chi connectivity index (χ1v) is 5.20. The molecule has 2 aromatic rings. The molecule has 0 spiro atoms. The van der Waals surface area contributed by atoms with E-state index >= 15 is 0 Å². The Morgan fingerprint density at radius 2 is 2.33 bits per heavy atom. The smallest absolute Gasteiger partial charge is 0.263 e. The van der Waals surface area contributed by atoms with Gasteiger partial charge in [-0.15, -0.1) is 0 Å². The molecule has 1 aromatic heterocycles. The Hall–Kier alpha value is -2.81. The molecule has 6 nitrogen and oxygen atoms in total. The standard InChI is InChI=1S/C12H11N5O/c1-17(9-4-2-3-8(5-9)6-13)12(18)10-7-15-16-11(10)14/h2-5,7H,1H3,(H3,14,15,16). The number of amides is 1. The zero-order valence-electron chi connectivity index (χ0n) is 9.71. The number of carbonyl (C=O) groups excluding carboxylic acids is 1. The fraction of sp³-hybridized carbons (Fsp3) is 0.0833. The minimum atomic E-state index is -0.281. The number of nitrogens with zero attached hydrogens (tertiary/aromatic N) is 3. The molecule has 1 amide bonds. The minimum Gasteiger partial charge on any atom is -0.383 e. The van der Waals surface area contributed by atoms with Gasteiger partial charge < -0.3 is 10.6 Å². The highest BCUT2D eigenvalue weighted by Gasteiger charge is 2.17. The number of rotatable bonds is 2. The average Bonchev–Trinajstić information content (AvgIpc) is 2.83. The number of hydrogen-bond acceptors (Lipinski definition) is 4. The SMILES string of the molecule is CN(C(=O)c1cn[nH]c1N)c1cccc(C#N)c1. The first kappa shape index (κ1) is 11.7. The molecule has 3 N–H and O–H groups in total. The summed E-state index contributed by atoms with van der Waals surface area (Å²) in [6.07, 6.45) is 1.38. The number of aromatic nitrogens is 2. The monoisotopic (exact) mass is 241 g/mol. The second-order valence-corrected chi connectivity index (χ2v) is 3.72. The fourth-order valence-electron chi connectivity index (χ4n) is 1.55. The summed E-state index contributed by atoms with van der Waals surface area (Å²) in [5, 5.41) is 15.0. The largest absolute Gasteiger partial charge is 0.383 e. The number of nitriles is 1. The van der Waals surface area contributed by atoms with Crippen LogP contribution in [0.1, 0.15) is 15.9 Å². The van der Waals surface area contributed by atoms with Crippen LogP contribution in [0.15, 0.2) is 30.5 Å². The quantitative estimate of drug-likeness (QED) is 0.823. The second-order valence-electron chi connectivity index (χ2n) is 3.72. The molecule has 0 bridgehead atoms. The van der Waals surface area contributed by atoms with Crippen molar-refractivity contribution in [2.24, 2.45) is 0 Å². The number of nitrogens with one attached hydrogen (secondary N) is 1. The lowest BCUT2D eigenvalue weighted by Gasteiger charge is -2.16. The Bertz CT molecular complexity index is 625. The van der Waals surface area contributed by atoms with Crippen molar-refractivity contribution >= 4 is 17.4 Å². The maximum atomic E-state index is 12.1. The maximum Gasteiger partial charge on any atom is 0.263 e. The summed E-state index contributed by atoms with van der Waals surface area (Å²) in [7, 11) is 1.62. The van der Waals surface area contributed by atoms with Crippen LogP contribution in [0, 0.1) is 11.3 Å². The van der Waals surface area contributed by atoms with Crippen molar-refractivity contribution in [1.29, 1.82) is 5.26 Å². The zero-order chi connectivity index (χ0) is 13.1. The molecule has 0 fully saturated rings. The fourth-order valence-corrected chi connectivity index (χ4v) is 1.55. The zero-order valence-corrected chi connectivity index (χ0v) is 9.71. The van der Waals surface area contributed by atoms with Crippen LogP contribution in [0.25, 0.3) is 0 Å². The van der Waals surface area contributed by atoms with E-state index in [0.717, 1.165) is 0 Å². The molecule has 2 rings (SSSR count). The van der Waals surface area contributed by atoms with Gasteiger partial charge in [0.1, 0.15) is 11.4 Å².